The molecule has 2 amide bonds. The van der Waals surface area contributed by atoms with E-state index in [0.717, 1.165) is 25.7 Å². The summed E-state index contributed by atoms with van der Waals surface area (Å²) in [5.74, 6) is 0.748. The maximum Gasteiger partial charge on any atom is 0.232 e. The Hall–Kier alpha value is -2.16. The van der Waals surface area contributed by atoms with Gasteiger partial charge in [-0.05, 0) is 82.3 Å². The van der Waals surface area contributed by atoms with Gasteiger partial charge in [-0.25, -0.2) is 0 Å². The predicted octanol–water partition coefficient (Wildman–Crippen LogP) is 3.76. The van der Waals surface area contributed by atoms with Gasteiger partial charge in [-0.3, -0.25) is 19.9 Å². The molecule has 36 heavy (non-hydrogen) atoms. The van der Waals surface area contributed by atoms with Gasteiger partial charge in [0.25, 0.3) is 0 Å². The lowest BCUT2D eigenvalue weighted by molar-refractivity contribution is -0.135. The topological polar surface area (TPSA) is 115 Å². The molecule has 7 rings (SSSR count). The largest absolute Gasteiger partial charge is 0.390 e. The van der Waals surface area contributed by atoms with E-state index in [2.05, 4.69) is 10.6 Å². The number of hydrogen-bond acceptors (Lipinski definition) is 5. The van der Waals surface area contributed by atoms with Crippen molar-refractivity contribution in [3.05, 3.63) is 28.8 Å². The van der Waals surface area contributed by atoms with Crippen molar-refractivity contribution in [2.24, 2.45) is 17.3 Å². The molecule has 0 aromatic heterocycles. The van der Waals surface area contributed by atoms with E-state index >= 15 is 0 Å². The number of anilines is 1. The molecule has 2 saturated heterocycles. The SMILES string of the molecule is C[C@@H]1C[C@H](N2C(=N)N[C@](C)(c3cccc(NC(=O)C45CC6CC(O)(CC6C4)C5)c3Cl)CC2=O)CCO1. The Kier molecular flexibility index (Phi) is 5.49. The van der Waals surface area contributed by atoms with E-state index in [9.17, 15) is 14.7 Å². The van der Waals surface area contributed by atoms with E-state index in [1.54, 1.807) is 11.0 Å². The molecule has 9 heteroatoms. The summed E-state index contributed by atoms with van der Waals surface area (Å²) in [6.07, 6.45) is 5.42. The third kappa shape index (κ3) is 3.75. The summed E-state index contributed by atoms with van der Waals surface area (Å²) in [6.45, 7) is 4.44. The van der Waals surface area contributed by atoms with Gasteiger partial charge in [-0.1, -0.05) is 23.7 Å². The summed E-state index contributed by atoms with van der Waals surface area (Å²) in [4.78, 5) is 28.4. The van der Waals surface area contributed by atoms with Gasteiger partial charge < -0.3 is 20.5 Å². The molecule has 6 fully saturated rings. The van der Waals surface area contributed by atoms with Gasteiger partial charge in [0.05, 0.1) is 39.8 Å². The van der Waals surface area contributed by atoms with Crippen molar-refractivity contribution in [3.8, 4) is 0 Å². The van der Waals surface area contributed by atoms with Crippen LogP contribution in [0.15, 0.2) is 18.2 Å². The Morgan fingerprint density at radius 3 is 2.64 bits per heavy atom. The molecule has 4 bridgehead atoms. The fourth-order valence-electron chi connectivity index (χ4n) is 8.09. The van der Waals surface area contributed by atoms with Gasteiger partial charge in [0.15, 0.2) is 5.96 Å². The standard InChI is InChI=1S/C27H35ClN4O4/c1-15-8-18(6-7-36-15)32-21(33)13-25(2,31-24(32)29)19-4-3-5-20(22(19)28)30-23(34)26-9-16-11-27(35,14-26)12-17(16)10-26/h3-5,15-18,35H,6-14H2,1-2H3,(H2,29,31)(H,30,34)/t15-,16?,17?,18-,25+,26?,27?/m1/s1. The van der Waals surface area contributed by atoms with Crippen molar-refractivity contribution in [1.29, 1.82) is 5.41 Å². The van der Waals surface area contributed by atoms with Crippen LogP contribution in [0.1, 0.15) is 70.8 Å². The van der Waals surface area contributed by atoms with Crippen LogP contribution in [-0.2, 0) is 19.9 Å². The molecule has 4 aliphatic carbocycles. The molecule has 2 heterocycles. The van der Waals surface area contributed by atoms with Crippen molar-refractivity contribution < 1.29 is 19.4 Å². The van der Waals surface area contributed by atoms with Gasteiger partial charge in [0, 0.05) is 12.6 Å². The number of benzene rings is 1. The van der Waals surface area contributed by atoms with E-state index < -0.39 is 16.6 Å². The smallest absolute Gasteiger partial charge is 0.232 e. The highest BCUT2D eigenvalue weighted by molar-refractivity contribution is 6.34. The van der Waals surface area contributed by atoms with Gasteiger partial charge >= 0.3 is 0 Å². The summed E-state index contributed by atoms with van der Waals surface area (Å²) in [7, 11) is 0. The second kappa shape index (κ2) is 8.17. The average molecular weight is 515 g/mol. The summed E-state index contributed by atoms with van der Waals surface area (Å²) in [5, 5.41) is 26.3. The summed E-state index contributed by atoms with van der Waals surface area (Å²) < 4.78 is 5.62. The predicted molar refractivity (Wildman–Crippen MR) is 136 cm³/mol. The van der Waals surface area contributed by atoms with Crippen molar-refractivity contribution in [2.75, 3.05) is 11.9 Å². The van der Waals surface area contributed by atoms with Crippen LogP contribution in [0.5, 0.6) is 0 Å². The van der Waals surface area contributed by atoms with Crippen LogP contribution in [0.3, 0.4) is 0 Å². The third-order valence-electron chi connectivity index (χ3n) is 9.48. The Morgan fingerprint density at radius 1 is 1.28 bits per heavy atom. The third-order valence-corrected chi connectivity index (χ3v) is 9.89. The first kappa shape index (κ1) is 24.2. The summed E-state index contributed by atoms with van der Waals surface area (Å²) in [6, 6.07) is 5.39. The van der Waals surface area contributed by atoms with Gasteiger partial charge in [0.2, 0.25) is 11.8 Å². The molecule has 2 aliphatic heterocycles. The highest BCUT2D eigenvalue weighted by Crippen LogP contribution is 2.66. The van der Waals surface area contributed by atoms with Crippen molar-refractivity contribution in [1.82, 2.24) is 10.2 Å². The van der Waals surface area contributed by atoms with Gasteiger partial charge in [-0.15, -0.1) is 0 Å². The number of hydrogen-bond donors (Lipinski definition) is 4. The molecule has 194 valence electrons. The molecule has 6 aliphatic rings. The lowest BCUT2D eigenvalue weighted by Gasteiger charge is -2.45. The number of guanidine groups is 1. The monoisotopic (exact) mass is 514 g/mol. The summed E-state index contributed by atoms with van der Waals surface area (Å²) in [5.41, 5.74) is -0.939. The van der Waals surface area contributed by atoms with Gasteiger partial charge in [0.1, 0.15) is 0 Å². The Bertz CT molecular complexity index is 1110. The number of rotatable bonds is 4. The number of carbonyl (C=O) groups excluding carboxylic acids is 2. The first-order valence-corrected chi connectivity index (χ1v) is 13.5. The van der Waals surface area contributed by atoms with Crippen LogP contribution in [0, 0.1) is 22.7 Å². The van der Waals surface area contributed by atoms with E-state index in [-0.39, 0.29) is 36.3 Å². The molecule has 2 unspecified atom stereocenters. The zero-order chi connectivity index (χ0) is 25.5. The fourth-order valence-corrected chi connectivity index (χ4v) is 8.47. The van der Waals surface area contributed by atoms with Crippen LogP contribution < -0.4 is 10.6 Å². The van der Waals surface area contributed by atoms with Crippen LogP contribution in [0.25, 0.3) is 0 Å². The minimum Gasteiger partial charge on any atom is -0.390 e. The Balaban J connectivity index is 1.21. The Morgan fingerprint density at radius 2 is 2.00 bits per heavy atom. The highest BCUT2D eigenvalue weighted by atomic mass is 35.5. The number of ether oxygens (including phenoxy) is 1. The zero-order valence-corrected chi connectivity index (χ0v) is 21.7. The van der Waals surface area contributed by atoms with Crippen LogP contribution in [0.2, 0.25) is 5.02 Å². The molecule has 8 nitrogen and oxygen atoms in total. The molecule has 4 N–H and O–H groups in total. The van der Waals surface area contributed by atoms with Crippen molar-refractivity contribution in [3.63, 3.8) is 0 Å². The Labute approximate surface area is 216 Å². The molecular formula is C27H35ClN4O4. The number of carbonyl (C=O) groups is 2. The second-order valence-electron chi connectivity index (χ2n) is 12.2. The maximum absolute atomic E-state index is 13.5. The van der Waals surface area contributed by atoms with Crippen LogP contribution in [-0.4, -0.2) is 52.1 Å². The van der Waals surface area contributed by atoms with Crippen LogP contribution >= 0.6 is 11.6 Å². The van der Waals surface area contributed by atoms with Gasteiger partial charge in [-0.2, -0.15) is 0 Å². The van der Waals surface area contributed by atoms with E-state index in [1.165, 1.54) is 0 Å². The maximum atomic E-state index is 13.5. The number of nitrogens with one attached hydrogen (secondary N) is 3. The van der Waals surface area contributed by atoms with E-state index in [0.29, 0.717) is 54.0 Å². The van der Waals surface area contributed by atoms with Crippen molar-refractivity contribution in [2.45, 2.75) is 88.5 Å². The average Bonchev–Trinajstić information content (AvgIpc) is 3.17. The lowest BCUT2D eigenvalue weighted by atomic mass is 9.66. The minimum atomic E-state index is -0.877. The minimum absolute atomic E-state index is 0.0535. The number of halogens is 1. The summed E-state index contributed by atoms with van der Waals surface area (Å²) >= 11 is 6.86. The highest BCUT2D eigenvalue weighted by Gasteiger charge is 2.64. The first-order chi connectivity index (χ1) is 17.0. The molecule has 0 radical (unpaired) electrons. The number of nitrogens with zero attached hydrogens (tertiary/aromatic N) is 1. The molecule has 1 aromatic carbocycles. The van der Waals surface area contributed by atoms with Crippen molar-refractivity contribution >= 4 is 35.1 Å². The molecule has 0 spiro atoms. The fraction of sp³-hybridized carbons (Fsp3) is 0.667. The normalized spacial score (nSPS) is 41.5. The molecular weight excluding hydrogens is 480 g/mol. The quantitative estimate of drug-likeness (QED) is 0.488. The van der Waals surface area contributed by atoms with E-state index in [4.69, 9.17) is 21.7 Å². The molecule has 1 aromatic rings. The number of amides is 2. The second-order valence-corrected chi connectivity index (χ2v) is 12.6. The number of aliphatic hydroxyl groups is 1. The molecule has 5 atom stereocenters. The van der Waals surface area contributed by atoms with Crippen LogP contribution in [0.4, 0.5) is 5.69 Å². The molecule has 4 saturated carbocycles. The zero-order valence-electron chi connectivity index (χ0n) is 20.9. The lowest BCUT2D eigenvalue weighted by Crippen LogP contribution is -2.63. The first-order valence-electron chi connectivity index (χ1n) is 13.1. The van der Waals surface area contributed by atoms with E-state index in [1.807, 2.05) is 26.0 Å².